The maximum Gasteiger partial charge on any atom is 0.314 e. The number of anilines is 1. The average Bonchev–Trinajstić information content (AvgIpc) is 2.26. The van der Waals surface area contributed by atoms with Crippen LogP contribution in [0.1, 0.15) is 0 Å². The Morgan fingerprint density at radius 3 is 2.50 bits per heavy atom. The van der Waals surface area contributed by atoms with Gasteiger partial charge >= 0.3 is 15.8 Å². The number of nitrogen functional groups attached to an aromatic ring is 1. The second-order valence-corrected chi connectivity index (χ2v) is 4.77. The highest BCUT2D eigenvalue weighted by Crippen LogP contribution is 2.34. The molecular formula is C9H7N3O5S. The summed E-state index contributed by atoms with van der Waals surface area (Å²) in [6, 6.07) is 5.84. The van der Waals surface area contributed by atoms with Crippen molar-refractivity contribution in [3.63, 3.8) is 0 Å². The highest BCUT2D eigenvalue weighted by atomic mass is 32.2. The molecule has 1 heterocycles. The van der Waals surface area contributed by atoms with E-state index in [-0.39, 0.29) is 10.9 Å². The summed E-state index contributed by atoms with van der Waals surface area (Å²) < 4.78 is 31.1. The summed E-state index contributed by atoms with van der Waals surface area (Å²) >= 11 is 0. The number of nitrogens with zero attached hydrogens (tertiary/aromatic N) is 2. The van der Waals surface area contributed by atoms with Gasteiger partial charge in [0.15, 0.2) is 5.69 Å². The Kier molecular flexibility index (Phi) is 2.64. The Morgan fingerprint density at radius 2 is 1.94 bits per heavy atom. The van der Waals surface area contributed by atoms with Crippen LogP contribution in [0.25, 0.3) is 10.9 Å². The second kappa shape index (κ2) is 3.89. The van der Waals surface area contributed by atoms with Crippen LogP contribution in [-0.4, -0.2) is 22.9 Å². The molecule has 0 saturated carbocycles. The van der Waals surface area contributed by atoms with E-state index < -0.39 is 31.4 Å². The van der Waals surface area contributed by atoms with Crippen molar-refractivity contribution in [3.05, 3.63) is 34.4 Å². The van der Waals surface area contributed by atoms with E-state index in [2.05, 4.69) is 4.98 Å². The Hall–Kier alpha value is -2.26. The van der Waals surface area contributed by atoms with Gasteiger partial charge in [-0.2, -0.15) is 8.42 Å². The molecule has 9 heteroatoms. The minimum absolute atomic E-state index is 0.0611. The van der Waals surface area contributed by atoms with Gasteiger partial charge < -0.3 is 5.73 Å². The topological polar surface area (TPSA) is 136 Å². The van der Waals surface area contributed by atoms with E-state index in [1.807, 2.05) is 0 Å². The number of para-hydroxylation sites is 1. The van der Waals surface area contributed by atoms with E-state index in [0.29, 0.717) is 0 Å². The van der Waals surface area contributed by atoms with Crippen molar-refractivity contribution in [2.45, 2.75) is 5.03 Å². The number of hydrogen-bond acceptors (Lipinski definition) is 6. The molecule has 0 unspecified atom stereocenters. The lowest BCUT2D eigenvalue weighted by molar-refractivity contribution is -0.382. The fourth-order valence-electron chi connectivity index (χ4n) is 1.58. The van der Waals surface area contributed by atoms with Gasteiger partial charge in [0.05, 0.1) is 15.8 Å². The van der Waals surface area contributed by atoms with Crippen LogP contribution in [0.2, 0.25) is 0 Å². The van der Waals surface area contributed by atoms with Gasteiger partial charge in [0.1, 0.15) is 0 Å². The second-order valence-electron chi connectivity index (χ2n) is 3.43. The number of fused-ring (bicyclic) bond motifs is 1. The number of hydrogen-bond donors (Lipinski definition) is 2. The Labute approximate surface area is 101 Å². The number of nitrogens with two attached hydrogens (primary N) is 1. The molecular weight excluding hydrogens is 262 g/mol. The molecule has 2 rings (SSSR count). The normalized spacial score (nSPS) is 11.6. The number of rotatable bonds is 2. The molecule has 0 spiro atoms. The smallest absolute Gasteiger partial charge is 0.314 e. The molecule has 0 aliphatic rings. The number of pyridine rings is 1. The summed E-state index contributed by atoms with van der Waals surface area (Å²) in [5, 5.41) is 10.1. The SMILES string of the molecule is Nc1c(S(=O)(=O)O)nc2ccccc2c1[N+](=O)[O-]. The van der Waals surface area contributed by atoms with Gasteiger partial charge in [-0.1, -0.05) is 12.1 Å². The van der Waals surface area contributed by atoms with Crippen LogP contribution in [0.3, 0.4) is 0 Å². The molecule has 0 aliphatic heterocycles. The molecule has 0 fully saturated rings. The highest BCUT2D eigenvalue weighted by Gasteiger charge is 2.27. The first-order valence-corrected chi connectivity index (χ1v) is 6.06. The van der Waals surface area contributed by atoms with Gasteiger partial charge in [0.2, 0.25) is 5.03 Å². The standard InChI is InChI=1S/C9H7N3O5S/c10-7-8(12(13)14)5-3-1-2-4-6(5)11-9(7)18(15,16)17/h1-4H,10H2,(H,15,16,17). The van der Waals surface area contributed by atoms with Crippen molar-refractivity contribution in [2.75, 3.05) is 5.73 Å². The third-order valence-electron chi connectivity index (χ3n) is 2.29. The van der Waals surface area contributed by atoms with Crippen molar-refractivity contribution in [1.29, 1.82) is 0 Å². The molecule has 0 amide bonds. The Bertz CT molecular complexity index is 756. The molecule has 0 aliphatic carbocycles. The number of nitro groups is 1. The van der Waals surface area contributed by atoms with E-state index >= 15 is 0 Å². The van der Waals surface area contributed by atoms with E-state index in [1.165, 1.54) is 24.3 Å². The zero-order valence-corrected chi connectivity index (χ0v) is 9.59. The van der Waals surface area contributed by atoms with Crippen LogP contribution < -0.4 is 5.73 Å². The van der Waals surface area contributed by atoms with Crippen molar-refractivity contribution in [1.82, 2.24) is 4.98 Å². The van der Waals surface area contributed by atoms with E-state index in [4.69, 9.17) is 10.3 Å². The van der Waals surface area contributed by atoms with Crippen LogP contribution in [0.4, 0.5) is 11.4 Å². The van der Waals surface area contributed by atoms with Gasteiger partial charge in [-0.25, -0.2) is 4.98 Å². The zero-order chi connectivity index (χ0) is 13.5. The molecule has 1 aromatic carbocycles. The average molecular weight is 269 g/mol. The first kappa shape index (κ1) is 12.2. The van der Waals surface area contributed by atoms with Crippen LogP contribution in [0.5, 0.6) is 0 Å². The fraction of sp³-hybridized carbons (Fsp3) is 0. The fourth-order valence-corrected chi connectivity index (χ4v) is 2.17. The van der Waals surface area contributed by atoms with Gasteiger partial charge in [-0.3, -0.25) is 14.7 Å². The number of benzene rings is 1. The molecule has 0 saturated heterocycles. The highest BCUT2D eigenvalue weighted by molar-refractivity contribution is 7.85. The number of aromatic nitrogens is 1. The van der Waals surface area contributed by atoms with Gasteiger partial charge in [-0.15, -0.1) is 0 Å². The first-order chi connectivity index (χ1) is 8.32. The molecule has 8 nitrogen and oxygen atoms in total. The lowest BCUT2D eigenvalue weighted by Gasteiger charge is -2.05. The lowest BCUT2D eigenvalue weighted by atomic mass is 10.2. The molecule has 0 bridgehead atoms. The van der Waals surface area contributed by atoms with E-state index in [0.717, 1.165) is 0 Å². The summed E-state index contributed by atoms with van der Waals surface area (Å²) in [6.45, 7) is 0. The maximum atomic E-state index is 11.1. The van der Waals surface area contributed by atoms with Gasteiger partial charge in [0, 0.05) is 0 Å². The summed E-state index contributed by atoms with van der Waals surface area (Å²) in [7, 11) is -4.72. The zero-order valence-electron chi connectivity index (χ0n) is 8.77. The first-order valence-electron chi connectivity index (χ1n) is 4.62. The Morgan fingerprint density at radius 1 is 1.33 bits per heavy atom. The van der Waals surface area contributed by atoms with Crippen molar-refractivity contribution < 1.29 is 17.9 Å². The summed E-state index contributed by atoms with van der Waals surface area (Å²) in [6.07, 6.45) is 0. The summed E-state index contributed by atoms with van der Waals surface area (Å²) in [4.78, 5) is 13.7. The molecule has 94 valence electrons. The Balaban J connectivity index is 3.03. The minimum atomic E-state index is -4.72. The quantitative estimate of drug-likeness (QED) is 0.470. The van der Waals surface area contributed by atoms with Crippen LogP contribution >= 0.6 is 0 Å². The molecule has 0 radical (unpaired) electrons. The van der Waals surface area contributed by atoms with Crippen molar-refractivity contribution >= 4 is 32.4 Å². The predicted octanol–water partition coefficient (Wildman–Crippen LogP) is 0.972. The van der Waals surface area contributed by atoms with Crippen molar-refractivity contribution in [2.24, 2.45) is 0 Å². The largest absolute Gasteiger partial charge is 0.391 e. The van der Waals surface area contributed by atoms with E-state index in [1.54, 1.807) is 0 Å². The molecule has 1 aromatic heterocycles. The van der Waals surface area contributed by atoms with Crippen LogP contribution in [-0.2, 0) is 10.1 Å². The molecule has 2 aromatic rings. The third-order valence-corrected chi connectivity index (χ3v) is 3.09. The summed E-state index contributed by atoms with van der Waals surface area (Å²) in [5.41, 5.74) is 4.19. The minimum Gasteiger partial charge on any atom is -0.391 e. The molecule has 18 heavy (non-hydrogen) atoms. The monoisotopic (exact) mass is 269 g/mol. The van der Waals surface area contributed by atoms with Gasteiger partial charge in [-0.05, 0) is 12.1 Å². The summed E-state index contributed by atoms with van der Waals surface area (Å²) in [5.74, 6) is 0. The molecule has 0 atom stereocenters. The molecule has 3 N–H and O–H groups in total. The third kappa shape index (κ3) is 1.85. The predicted molar refractivity (Wildman–Crippen MR) is 62.6 cm³/mol. The van der Waals surface area contributed by atoms with Crippen LogP contribution in [0.15, 0.2) is 29.3 Å². The lowest BCUT2D eigenvalue weighted by Crippen LogP contribution is -2.09. The van der Waals surface area contributed by atoms with Crippen LogP contribution in [0, 0.1) is 10.1 Å². The van der Waals surface area contributed by atoms with Crippen molar-refractivity contribution in [3.8, 4) is 0 Å². The van der Waals surface area contributed by atoms with E-state index in [9.17, 15) is 18.5 Å². The van der Waals surface area contributed by atoms with Gasteiger partial charge in [0.25, 0.3) is 0 Å². The maximum absolute atomic E-state index is 11.1.